The first-order valence-corrected chi connectivity index (χ1v) is 6.83. The molecule has 0 unspecified atom stereocenters. The Morgan fingerprint density at radius 2 is 1.65 bits per heavy atom. The summed E-state index contributed by atoms with van der Waals surface area (Å²) >= 11 is 0. The third kappa shape index (κ3) is 5.33. The van der Waals surface area contributed by atoms with Crippen molar-refractivity contribution in [2.75, 3.05) is 32.7 Å². The first kappa shape index (κ1) is 14.2. The summed E-state index contributed by atoms with van der Waals surface area (Å²) in [5.41, 5.74) is 2.81. The summed E-state index contributed by atoms with van der Waals surface area (Å²) in [6.07, 6.45) is 1.18. The first-order chi connectivity index (χ1) is 8.34. The van der Waals surface area contributed by atoms with Gasteiger partial charge in [-0.2, -0.15) is 0 Å². The average Bonchev–Trinajstić information content (AvgIpc) is 2.42. The molecule has 1 aromatic carbocycles. The van der Waals surface area contributed by atoms with Crippen molar-refractivity contribution in [2.24, 2.45) is 0 Å². The molecular formula is C15H26N2. The van der Waals surface area contributed by atoms with E-state index in [1.807, 2.05) is 13.8 Å². The summed E-state index contributed by atoms with van der Waals surface area (Å²) in [4.78, 5) is 2.54. The molecule has 0 spiro atoms. The predicted octanol–water partition coefficient (Wildman–Crippen LogP) is 2.47. The number of nitrogens with zero attached hydrogens (tertiary/aromatic N) is 1. The van der Waals surface area contributed by atoms with Crippen molar-refractivity contribution in [1.29, 1.82) is 0 Å². The summed E-state index contributed by atoms with van der Waals surface area (Å²) in [6, 6.07) is 8.90. The van der Waals surface area contributed by atoms with E-state index in [1.165, 1.54) is 37.2 Å². The highest BCUT2D eigenvalue weighted by Crippen LogP contribution is 2.05. The van der Waals surface area contributed by atoms with Gasteiger partial charge in [-0.3, -0.25) is 0 Å². The largest absolute Gasteiger partial charge is 0.314 e. The molecule has 2 nitrogen and oxygen atoms in total. The van der Waals surface area contributed by atoms with Gasteiger partial charge in [-0.15, -0.1) is 0 Å². The van der Waals surface area contributed by atoms with E-state index in [4.69, 9.17) is 0 Å². The van der Waals surface area contributed by atoms with Gasteiger partial charge in [-0.05, 0) is 18.9 Å². The van der Waals surface area contributed by atoms with Crippen molar-refractivity contribution >= 4 is 0 Å². The molecular weight excluding hydrogens is 208 g/mol. The average molecular weight is 234 g/mol. The Labute approximate surface area is 106 Å². The number of benzene rings is 1. The number of piperazine rings is 1. The summed E-state index contributed by atoms with van der Waals surface area (Å²) in [5, 5.41) is 3.38. The van der Waals surface area contributed by atoms with Crippen LogP contribution >= 0.6 is 0 Å². The van der Waals surface area contributed by atoms with Gasteiger partial charge in [0.2, 0.25) is 0 Å². The smallest absolute Gasteiger partial charge is 0.0108 e. The number of aryl methyl sites for hydroxylation is 1. The lowest BCUT2D eigenvalue weighted by molar-refractivity contribution is 0.244. The van der Waals surface area contributed by atoms with Gasteiger partial charge in [0.25, 0.3) is 0 Å². The second kappa shape index (κ2) is 8.26. The first-order valence-electron chi connectivity index (χ1n) is 6.83. The van der Waals surface area contributed by atoms with Gasteiger partial charge in [0.15, 0.2) is 0 Å². The van der Waals surface area contributed by atoms with Crippen LogP contribution in [0.5, 0.6) is 0 Å². The molecule has 0 aromatic heterocycles. The van der Waals surface area contributed by atoms with Crippen LogP contribution < -0.4 is 5.32 Å². The summed E-state index contributed by atoms with van der Waals surface area (Å²) in [6.45, 7) is 12.0. The van der Waals surface area contributed by atoms with Crippen molar-refractivity contribution in [3.8, 4) is 0 Å². The van der Waals surface area contributed by atoms with E-state index in [-0.39, 0.29) is 0 Å². The number of hydrogen-bond donors (Lipinski definition) is 1. The zero-order valence-electron chi connectivity index (χ0n) is 11.5. The molecule has 0 aliphatic carbocycles. The molecule has 1 aromatic rings. The van der Waals surface area contributed by atoms with Crippen LogP contribution in [-0.4, -0.2) is 37.6 Å². The zero-order valence-corrected chi connectivity index (χ0v) is 11.5. The maximum absolute atomic E-state index is 3.38. The Balaban J connectivity index is 0.000000686. The highest BCUT2D eigenvalue weighted by atomic mass is 15.2. The van der Waals surface area contributed by atoms with Crippen LogP contribution in [0.25, 0.3) is 0 Å². The van der Waals surface area contributed by atoms with Crippen molar-refractivity contribution in [2.45, 2.75) is 27.2 Å². The molecule has 1 saturated heterocycles. The molecule has 0 atom stereocenters. The summed E-state index contributed by atoms with van der Waals surface area (Å²) < 4.78 is 0. The Morgan fingerprint density at radius 1 is 1.06 bits per heavy atom. The van der Waals surface area contributed by atoms with Crippen LogP contribution in [-0.2, 0) is 6.42 Å². The highest BCUT2D eigenvalue weighted by molar-refractivity contribution is 5.21. The SMILES string of the molecule is CC.Cc1ccc(CCN2CCNCC2)cc1. The fourth-order valence-corrected chi connectivity index (χ4v) is 1.98. The van der Waals surface area contributed by atoms with E-state index in [1.54, 1.807) is 0 Å². The minimum absolute atomic E-state index is 1.15. The van der Waals surface area contributed by atoms with E-state index in [9.17, 15) is 0 Å². The summed E-state index contributed by atoms with van der Waals surface area (Å²) in [5.74, 6) is 0. The maximum atomic E-state index is 3.38. The Hall–Kier alpha value is -0.860. The minimum atomic E-state index is 1.15. The van der Waals surface area contributed by atoms with Crippen molar-refractivity contribution in [1.82, 2.24) is 10.2 Å². The van der Waals surface area contributed by atoms with Crippen LogP contribution in [0.15, 0.2) is 24.3 Å². The van der Waals surface area contributed by atoms with Crippen molar-refractivity contribution in [3.05, 3.63) is 35.4 Å². The molecule has 17 heavy (non-hydrogen) atoms. The molecule has 0 bridgehead atoms. The van der Waals surface area contributed by atoms with Crippen molar-refractivity contribution in [3.63, 3.8) is 0 Å². The molecule has 0 amide bonds. The van der Waals surface area contributed by atoms with E-state index < -0.39 is 0 Å². The van der Waals surface area contributed by atoms with Gasteiger partial charge in [0.05, 0.1) is 0 Å². The third-order valence-electron chi connectivity index (χ3n) is 3.05. The zero-order chi connectivity index (χ0) is 12.5. The van der Waals surface area contributed by atoms with Crippen molar-refractivity contribution < 1.29 is 0 Å². The molecule has 2 heteroatoms. The van der Waals surface area contributed by atoms with Gasteiger partial charge in [0, 0.05) is 32.7 Å². The van der Waals surface area contributed by atoms with Gasteiger partial charge in [0.1, 0.15) is 0 Å². The van der Waals surface area contributed by atoms with Crippen LogP contribution in [0.1, 0.15) is 25.0 Å². The lowest BCUT2D eigenvalue weighted by Gasteiger charge is -2.27. The quantitative estimate of drug-likeness (QED) is 0.864. The number of nitrogens with one attached hydrogen (secondary N) is 1. The summed E-state index contributed by atoms with van der Waals surface area (Å²) in [7, 11) is 0. The van der Waals surface area contributed by atoms with E-state index in [2.05, 4.69) is 41.4 Å². The van der Waals surface area contributed by atoms with Crippen LogP contribution in [0, 0.1) is 6.92 Å². The Morgan fingerprint density at radius 3 is 2.24 bits per heavy atom. The highest BCUT2D eigenvalue weighted by Gasteiger charge is 2.08. The Bertz CT molecular complexity index is 286. The predicted molar refractivity (Wildman–Crippen MR) is 75.5 cm³/mol. The van der Waals surface area contributed by atoms with Gasteiger partial charge >= 0.3 is 0 Å². The monoisotopic (exact) mass is 234 g/mol. The standard InChI is InChI=1S/C13H20N2.C2H6/c1-12-2-4-13(5-3-12)6-9-15-10-7-14-8-11-15;1-2/h2-5,14H,6-11H2,1H3;1-2H3. The van der Waals surface area contributed by atoms with E-state index in [0.29, 0.717) is 0 Å². The van der Waals surface area contributed by atoms with E-state index in [0.717, 1.165) is 13.1 Å². The van der Waals surface area contributed by atoms with Gasteiger partial charge in [-0.25, -0.2) is 0 Å². The normalized spacial score (nSPS) is 16.2. The number of rotatable bonds is 3. The molecule has 1 aliphatic heterocycles. The second-order valence-corrected chi connectivity index (χ2v) is 4.33. The topological polar surface area (TPSA) is 15.3 Å². The minimum Gasteiger partial charge on any atom is -0.314 e. The lowest BCUT2D eigenvalue weighted by atomic mass is 10.1. The molecule has 1 heterocycles. The fraction of sp³-hybridized carbons (Fsp3) is 0.600. The van der Waals surface area contributed by atoms with Crippen LogP contribution in [0.4, 0.5) is 0 Å². The molecule has 1 N–H and O–H groups in total. The molecule has 2 rings (SSSR count). The van der Waals surface area contributed by atoms with Crippen LogP contribution in [0.3, 0.4) is 0 Å². The number of hydrogen-bond acceptors (Lipinski definition) is 2. The van der Waals surface area contributed by atoms with Gasteiger partial charge < -0.3 is 10.2 Å². The molecule has 0 saturated carbocycles. The van der Waals surface area contributed by atoms with Gasteiger partial charge in [-0.1, -0.05) is 43.7 Å². The maximum Gasteiger partial charge on any atom is 0.0108 e. The van der Waals surface area contributed by atoms with Crippen LogP contribution in [0.2, 0.25) is 0 Å². The lowest BCUT2D eigenvalue weighted by Crippen LogP contribution is -2.44. The second-order valence-electron chi connectivity index (χ2n) is 4.33. The Kier molecular flexibility index (Phi) is 6.90. The molecule has 0 radical (unpaired) electrons. The molecule has 1 fully saturated rings. The van der Waals surface area contributed by atoms with E-state index >= 15 is 0 Å². The molecule has 1 aliphatic rings. The third-order valence-corrected chi connectivity index (χ3v) is 3.05. The molecule has 96 valence electrons. The fourth-order valence-electron chi connectivity index (χ4n) is 1.98.